The highest BCUT2D eigenvalue weighted by Gasteiger charge is 2.43. The quantitative estimate of drug-likeness (QED) is 0.590. The predicted octanol–water partition coefficient (Wildman–Crippen LogP) is 3.54. The van der Waals surface area contributed by atoms with Crippen LogP contribution in [0.25, 0.3) is 0 Å². The van der Waals surface area contributed by atoms with E-state index in [0.717, 1.165) is 10.5 Å². The van der Waals surface area contributed by atoms with Crippen molar-refractivity contribution in [2.75, 3.05) is 0 Å². The SMILES string of the molecule is C=C1CCC(N2C(=O)c3ccc(CCC(=O)c4ccc(Cl)cc4)cc3C2=O)C(=O)N1. The summed E-state index contributed by atoms with van der Waals surface area (Å²) in [5.41, 5.74) is 2.49. The van der Waals surface area contributed by atoms with E-state index >= 15 is 0 Å². The molecule has 2 heterocycles. The first-order valence-corrected chi connectivity index (χ1v) is 10.0. The number of benzene rings is 2. The number of nitrogens with one attached hydrogen (secondary N) is 1. The average Bonchev–Trinajstić information content (AvgIpc) is 2.97. The van der Waals surface area contributed by atoms with Crippen LogP contribution in [-0.2, 0) is 11.2 Å². The third-order valence-corrected chi connectivity index (χ3v) is 5.68. The van der Waals surface area contributed by atoms with E-state index in [1.165, 1.54) is 0 Å². The summed E-state index contributed by atoms with van der Waals surface area (Å²) in [5.74, 6) is -1.37. The maximum absolute atomic E-state index is 12.9. The van der Waals surface area contributed by atoms with Gasteiger partial charge in [0.1, 0.15) is 6.04 Å². The fraction of sp³-hybridized carbons (Fsp3) is 0.217. The van der Waals surface area contributed by atoms with Gasteiger partial charge in [0.15, 0.2) is 5.78 Å². The Bertz CT molecular complexity index is 1090. The Balaban J connectivity index is 1.49. The Labute approximate surface area is 178 Å². The van der Waals surface area contributed by atoms with E-state index in [4.69, 9.17) is 11.6 Å². The van der Waals surface area contributed by atoms with Gasteiger partial charge in [-0.15, -0.1) is 0 Å². The summed E-state index contributed by atoms with van der Waals surface area (Å²) in [6, 6.07) is 10.8. The lowest BCUT2D eigenvalue weighted by Gasteiger charge is -2.29. The number of carbonyl (C=O) groups excluding carboxylic acids is 4. The van der Waals surface area contributed by atoms with Crippen molar-refractivity contribution in [2.24, 2.45) is 0 Å². The molecule has 1 saturated heterocycles. The number of Topliss-reactive ketones (excluding diaryl/α,β-unsaturated/α-hetero) is 1. The zero-order chi connectivity index (χ0) is 21.4. The van der Waals surface area contributed by atoms with Gasteiger partial charge in [0.05, 0.1) is 11.1 Å². The van der Waals surface area contributed by atoms with Gasteiger partial charge in [-0.05, 0) is 61.2 Å². The molecule has 0 bridgehead atoms. The fourth-order valence-corrected chi connectivity index (χ4v) is 3.92. The average molecular weight is 423 g/mol. The lowest BCUT2D eigenvalue weighted by Crippen LogP contribution is -2.51. The van der Waals surface area contributed by atoms with Crippen LogP contribution >= 0.6 is 11.6 Å². The number of carbonyl (C=O) groups is 4. The topological polar surface area (TPSA) is 83.6 Å². The van der Waals surface area contributed by atoms with E-state index in [9.17, 15) is 19.2 Å². The summed E-state index contributed by atoms with van der Waals surface area (Å²) in [5, 5.41) is 3.18. The smallest absolute Gasteiger partial charge is 0.262 e. The van der Waals surface area contributed by atoms with Crippen molar-refractivity contribution in [1.29, 1.82) is 0 Å². The molecule has 6 nitrogen and oxygen atoms in total. The van der Waals surface area contributed by atoms with Gasteiger partial charge in [0, 0.05) is 22.7 Å². The number of rotatable bonds is 5. The lowest BCUT2D eigenvalue weighted by atomic mass is 9.99. The molecule has 1 N–H and O–H groups in total. The highest BCUT2D eigenvalue weighted by molar-refractivity contribution is 6.30. The van der Waals surface area contributed by atoms with Crippen LogP contribution in [0.15, 0.2) is 54.7 Å². The molecule has 0 spiro atoms. The van der Waals surface area contributed by atoms with E-state index in [0.29, 0.717) is 35.5 Å². The second kappa shape index (κ2) is 7.88. The lowest BCUT2D eigenvalue weighted by molar-refractivity contribution is -0.125. The van der Waals surface area contributed by atoms with Crippen molar-refractivity contribution >= 4 is 35.1 Å². The summed E-state index contributed by atoms with van der Waals surface area (Å²) in [7, 11) is 0. The van der Waals surface area contributed by atoms with Crippen molar-refractivity contribution in [2.45, 2.75) is 31.7 Å². The van der Waals surface area contributed by atoms with E-state index in [1.54, 1.807) is 42.5 Å². The van der Waals surface area contributed by atoms with Crippen LogP contribution in [0, 0.1) is 0 Å². The van der Waals surface area contributed by atoms with E-state index in [1.807, 2.05) is 0 Å². The van der Waals surface area contributed by atoms with Crippen molar-refractivity contribution < 1.29 is 19.2 Å². The van der Waals surface area contributed by atoms with Crippen LogP contribution in [-0.4, -0.2) is 34.4 Å². The first-order valence-electron chi connectivity index (χ1n) is 9.63. The number of halogens is 1. The minimum Gasteiger partial charge on any atom is -0.329 e. The normalized spacial score (nSPS) is 18.4. The Morgan fingerprint density at radius 3 is 2.47 bits per heavy atom. The third kappa shape index (κ3) is 3.66. The number of imide groups is 1. The second-order valence-electron chi connectivity index (χ2n) is 7.44. The van der Waals surface area contributed by atoms with Crippen LogP contribution < -0.4 is 5.32 Å². The number of fused-ring (bicyclic) bond motifs is 1. The van der Waals surface area contributed by atoms with Gasteiger partial charge in [-0.1, -0.05) is 24.2 Å². The number of piperidine rings is 1. The highest BCUT2D eigenvalue weighted by Crippen LogP contribution is 2.29. The highest BCUT2D eigenvalue weighted by atomic mass is 35.5. The molecule has 152 valence electrons. The molecule has 4 rings (SSSR count). The Morgan fingerprint density at radius 1 is 1.07 bits per heavy atom. The molecule has 2 aliphatic heterocycles. The molecule has 1 fully saturated rings. The number of hydrogen-bond donors (Lipinski definition) is 1. The van der Waals surface area contributed by atoms with Gasteiger partial charge >= 0.3 is 0 Å². The second-order valence-corrected chi connectivity index (χ2v) is 7.87. The van der Waals surface area contributed by atoms with Gasteiger partial charge in [-0.25, -0.2) is 0 Å². The van der Waals surface area contributed by atoms with E-state index < -0.39 is 23.8 Å². The van der Waals surface area contributed by atoms with Crippen LogP contribution in [0.5, 0.6) is 0 Å². The Kier molecular flexibility index (Phi) is 5.26. The number of hydrogen-bond acceptors (Lipinski definition) is 4. The van der Waals surface area contributed by atoms with Crippen molar-refractivity contribution in [3.63, 3.8) is 0 Å². The molecule has 7 heteroatoms. The monoisotopic (exact) mass is 422 g/mol. The minimum atomic E-state index is -0.835. The molecular weight excluding hydrogens is 404 g/mol. The first kappa shape index (κ1) is 20.0. The summed E-state index contributed by atoms with van der Waals surface area (Å²) < 4.78 is 0. The molecule has 0 saturated carbocycles. The molecule has 1 unspecified atom stereocenters. The first-order chi connectivity index (χ1) is 14.3. The number of ketones is 1. The van der Waals surface area contributed by atoms with Gasteiger partial charge in [0.2, 0.25) is 5.91 Å². The van der Waals surface area contributed by atoms with Crippen LogP contribution in [0.4, 0.5) is 0 Å². The van der Waals surface area contributed by atoms with Crippen LogP contribution in [0.3, 0.4) is 0 Å². The standard InChI is InChI=1S/C23H19ClN2O4/c1-13-2-10-19(21(28)25-13)26-22(29)17-9-3-14(12-18(17)23(26)30)4-11-20(27)15-5-7-16(24)8-6-15/h3,5-9,12,19H,1-2,4,10-11H2,(H,25,28). The Morgan fingerprint density at radius 2 is 1.77 bits per heavy atom. The number of amides is 3. The van der Waals surface area contributed by atoms with Crippen LogP contribution in [0.2, 0.25) is 5.02 Å². The maximum atomic E-state index is 12.9. The van der Waals surface area contributed by atoms with Gasteiger partial charge < -0.3 is 5.32 Å². The summed E-state index contributed by atoms with van der Waals surface area (Å²) in [6.45, 7) is 3.72. The molecule has 0 aromatic heterocycles. The molecule has 2 aromatic carbocycles. The van der Waals surface area contributed by atoms with Crippen molar-refractivity contribution in [3.05, 3.63) is 82.0 Å². The molecular formula is C23H19ClN2O4. The molecule has 1 atom stereocenters. The zero-order valence-electron chi connectivity index (χ0n) is 16.1. The molecule has 0 radical (unpaired) electrons. The summed E-state index contributed by atoms with van der Waals surface area (Å²) >= 11 is 5.85. The largest absolute Gasteiger partial charge is 0.329 e. The fourth-order valence-electron chi connectivity index (χ4n) is 3.79. The number of aryl methyl sites for hydroxylation is 1. The molecule has 0 aliphatic carbocycles. The number of nitrogens with zero attached hydrogens (tertiary/aromatic N) is 1. The number of allylic oxidation sites excluding steroid dienone is 1. The third-order valence-electron chi connectivity index (χ3n) is 5.42. The molecule has 30 heavy (non-hydrogen) atoms. The van der Waals surface area contributed by atoms with Crippen molar-refractivity contribution in [1.82, 2.24) is 10.2 Å². The zero-order valence-corrected chi connectivity index (χ0v) is 16.9. The summed E-state index contributed by atoms with van der Waals surface area (Å²) in [4.78, 5) is 51.3. The predicted molar refractivity (Wildman–Crippen MR) is 111 cm³/mol. The van der Waals surface area contributed by atoms with Gasteiger partial charge in [-0.3, -0.25) is 24.1 Å². The van der Waals surface area contributed by atoms with Crippen molar-refractivity contribution in [3.8, 4) is 0 Å². The molecule has 2 aliphatic rings. The molecule has 2 aromatic rings. The van der Waals surface area contributed by atoms with Crippen LogP contribution in [0.1, 0.15) is 55.9 Å². The molecule has 3 amide bonds. The van der Waals surface area contributed by atoms with E-state index in [-0.39, 0.29) is 23.3 Å². The maximum Gasteiger partial charge on any atom is 0.262 e. The minimum absolute atomic E-state index is 0.0321. The Hall–Kier alpha value is -3.25. The van der Waals surface area contributed by atoms with E-state index in [2.05, 4.69) is 11.9 Å². The summed E-state index contributed by atoms with van der Waals surface area (Å²) in [6.07, 6.45) is 1.57. The van der Waals surface area contributed by atoms with Gasteiger partial charge in [-0.2, -0.15) is 0 Å². The van der Waals surface area contributed by atoms with Gasteiger partial charge in [0.25, 0.3) is 11.8 Å².